The number of hydrogen-bond donors (Lipinski definition) is 2. The number of phenolic OH excluding ortho intramolecular Hbond substituents is 1. The van der Waals surface area contributed by atoms with E-state index in [1.807, 2.05) is 0 Å². The van der Waals surface area contributed by atoms with Gasteiger partial charge in [-0.05, 0) is 30.2 Å². The van der Waals surface area contributed by atoms with Gasteiger partial charge in [0.05, 0.1) is 11.5 Å². The van der Waals surface area contributed by atoms with E-state index in [0.717, 1.165) is 43.9 Å². The molecule has 0 aliphatic heterocycles. The predicted molar refractivity (Wildman–Crippen MR) is 81.9 cm³/mol. The third kappa shape index (κ3) is 6.12. The van der Waals surface area contributed by atoms with Crippen molar-refractivity contribution in [2.24, 2.45) is 0 Å². The molecule has 0 fully saturated rings. The molecule has 3 nitrogen and oxygen atoms in total. The van der Waals surface area contributed by atoms with Crippen LogP contribution in [0, 0.1) is 0 Å². The van der Waals surface area contributed by atoms with E-state index in [9.17, 15) is 23.1 Å². The maximum Gasteiger partial charge on any atom is 0.395 e. The van der Waals surface area contributed by atoms with E-state index in [0.29, 0.717) is 12.8 Å². The van der Waals surface area contributed by atoms with E-state index in [2.05, 4.69) is 6.92 Å². The number of phenols is 1. The average molecular weight is 332 g/mol. The van der Waals surface area contributed by atoms with Gasteiger partial charge >= 0.3 is 12.1 Å². The number of carbonyl (C=O) groups is 1. The van der Waals surface area contributed by atoms with Gasteiger partial charge in [-0.3, -0.25) is 0 Å². The average Bonchev–Trinajstić information content (AvgIpc) is 2.44. The third-order valence-corrected chi connectivity index (χ3v) is 3.88. The fourth-order valence-electron chi connectivity index (χ4n) is 2.66. The molecule has 0 spiro atoms. The highest BCUT2D eigenvalue weighted by molar-refractivity contribution is 5.90. The normalized spacial score (nSPS) is 13.0. The standard InChI is InChI=1S/C17H23F3O3/c1-2-3-4-5-6-7-8-15(17(18,19)20)14-11-12(21)9-10-13(14)16(22)23/h9-11,15,21H,2-8H2,1H3,(H,22,23)/t15-/m1/s1. The molecule has 130 valence electrons. The van der Waals surface area contributed by atoms with Crippen molar-refractivity contribution in [3.63, 3.8) is 0 Å². The highest BCUT2D eigenvalue weighted by Gasteiger charge is 2.42. The third-order valence-electron chi connectivity index (χ3n) is 3.88. The second kappa shape index (κ2) is 8.79. The second-order valence-corrected chi connectivity index (χ2v) is 5.73. The summed E-state index contributed by atoms with van der Waals surface area (Å²) in [7, 11) is 0. The van der Waals surface area contributed by atoms with Gasteiger partial charge in [0, 0.05) is 0 Å². The molecule has 1 atom stereocenters. The van der Waals surface area contributed by atoms with Crippen LogP contribution < -0.4 is 0 Å². The van der Waals surface area contributed by atoms with Crippen molar-refractivity contribution in [3.8, 4) is 5.75 Å². The van der Waals surface area contributed by atoms with Gasteiger partial charge in [0.15, 0.2) is 0 Å². The first-order valence-electron chi connectivity index (χ1n) is 7.90. The lowest BCUT2D eigenvalue weighted by Crippen LogP contribution is -2.23. The number of aromatic carboxylic acids is 1. The first kappa shape index (κ1) is 19.3. The largest absolute Gasteiger partial charge is 0.508 e. The van der Waals surface area contributed by atoms with Crippen LogP contribution in [0.15, 0.2) is 18.2 Å². The molecule has 23 heavy (non-hydrogen) atoms. The minimum Gasteiger partial charge on any atom is -0.508 e. The molecule has 0 saturated heterocycles. The number of carboxylic acids is 1. The number of halogens is 3. The van der Waals surface area contributed by atoms with Crippen LogP contribution in [0.3, 0.4) is 0 Å². The summed E-state index contributed by atoms with van der Waals surface area (Å²) in [5.41, 5.74) is -0.769. The molecule has 0 bridgehead atoms. The number of aromatic hydroxyl groups is 1. The quantitative estimate of drug-likeness (QED) is 0.588. The Hall–Kier alpha value is -1.72. The van der Waals surface area contributed by atoms with Gasteiger partial charge in [0.25, 0.3) is 0 Å². The van der Waals surface area contributed by atoms with E-state index >= 15 is 0 Å². The van der Waals surface area contributed by atoms with Crippen LogP contribution in [0.1, 0.15) is 73.7 Å². The highest BCUT2D eigenvalue weighted by atomic mass is 19.4. The SMILES string of the molecule is CCCCCCCC[C@H](c1cc(O)ccc1C(=O)O)C(F)(F)F. The zero-order valence-corrected chi connectivity index (χ0v) is 13.2. The van der Waals surface area contributed by atoms with Crippen LogP contribution >= 0.6 is 0 Å². The Labute approximate surface area is 134 Å². The minimum atomic E-state index is -4.54. The monoisotopic (exact) mass is 332 g/mol. The van der Waals surface area contributed by atoms with Crippen LogP contribution in [-0.4, -0.2) is 22.4 Å². The molecule has 2 N–H and O–H groups in total. The Morgan fingerprint density at radius 3 is 2.30 bits per heavy atom. The number of carboxylic acid groups (broad SMARTS) is 1. The van der Waals surface area contributed by atoms with Crippen molar-refractivity contribution >= 4 is 5.97 Å². The van der Waals surface area contributed by atoms with Crippen molar-refractivity contribution in [1.82, 2.24) is 0 Å². The molecule has 0 aliphatic carbocycles. The van der Waals surface area contributed by atoms with Crippen LogP contribution in [0.2, 0.25) is 0 Å². The fourth-order valence-corrected chi connectivity index (χ4v) is 2.66. The predicted octanol–water partition coefficient (Wildman–Crippen LogP) is 5.49. The van der Waals surface area contributed by atoms with E-state index in [1.165, 1.54) is 0 Å². The number of alkyl halides is 3. The molecule has 1 aromatic rings. The number of unbranched alkanes of at least 4 members (excludes halogenated alkanes) is 5. The Balaban J connectivity index is 2.87. The molecule has 1 aromatic carbocycles. The molecule has 0 saturated carbocycles. The molecular formula is C17H23F3O3. The van der Waals surface area contributed by atoms with E-state index in [4.69, 9.17) is 5.11 Å². The fraction of sp³-hybridized carbons (Fsp3) is 0.588. The number of rotatable bonds is 9. The molecule has 0 amide bonds. The molecular weight excluding hydrogens is 309 g/mol. The molecule has 6 heteroatoms. The lowest BCUT2D eigenvalue weighted by atomic mass is 9.88. The van der Waals surface area contributed by atoms with E-state index in [-0.39, 0.29) is 17.7 Å². The van der Waals surface area contributed by atoms with Crippen molar-refractivity contribution in [1.29, 1.82) is 0 Å². The van der Waals surface area contributed by atoms with Crippen LogP contribution in [-0.2, 0) is 0 Å². The summed E-state index contributed by atoms with van der Waals surface area (Å²) >= 11 is 0. The lowest BCUT2D eigenvalue weighted by Gasteiger charge is -2.22. The van der Waals surface area contributed by atoms with E-state index in [1.54, 1.807) is 0 Å². The topological polar surface area (TPSA) is 57.5 Å². The smallest absolute Gasteiger partial charge is 0.395 e. The highest BCUT2D eigenvalue weighted by Crippen LogP contribution is 2.41. The van der Waals surface area contributed by atoms with Crippen molar-refractivity contribution in [2.45, 2.75) is 64.0 Å². The Bertz CT molecular complexity index is 512. The van der Waals surface area contributed by atoms with Crippen molar-refractivity contribution in [3.05, 3.63) is 29.3 Å². The molecule has 0 unspecified atom stereocenters. The van der Waals surface area contributed by atoms with Crippen molar-refractivity contribution in [2.75, 3.05) is 0 Å². The molecule has 0 radical (unpaired) electrons. The Kier molecular flexibility index (Phi) is 7.39. The van der Waals surface area contributed by atoms with Crippen LogP contribution in [0.5, 0.6) is 5.75 Å². The summed E-state index contributed by atoms with van der Waals surface area (Å²) < 4.78 is 40.0. The summed E-state index contributed by atoms with van der Waals surface area (Å²) in [6.07, 6.45) is 0.371. The minimum absolute atomic E-state index is 0.167. The van der Waals surface area contributed by atoms with E-state index < -0.39 is 23.6 Å². The summed E-state index contributed by atoms with van der Waals surface area (Å²) in [6.45, 7) is 2.06. The van der Waals surface area contributed by atoms with Gasteiger partial charge < -0.3 is 10.2 Å². The van der Waals surface area contributed by atoms with Gasteiger partial charge in [0.2, 0.25) is 0 Å². The van der Waals surface area contributed by atoms with Gasteiger partial charge in [0.1, 0.15) is 5.75 Å². The van der Waals surface area contributed by atoms with Crippen LogP contribution in [0.4, 0.5) is 13.2 Å². The summed E-state index contributed by atoms with van der Waals surface area (Å²) in [6, 6.07) is 3.02. The Morgan fingerprint density at radius 2 is 1.74 bits per heavy atom. The zero-order valence-electron chi connectivity index (χ0n) is 13.2. The molecule has 0 aromatic heterocycles. The van der Waals surface area contributed by atoms with Crippen molar-refractivity contribution < 1.29 is 28.2 Å². The zero-order chi connectivity index (χ0) is 17.5. The first-order valence-corrected chi connectivity index (χ1v) is 7.90. The summed E-state index contributed by atoms with van der Waals surface area (Å²) in [4.78, 5) is 11.2. The molecule has 1 rings (SSSR count). The van der Waals surface area contributed by atoms with Gasteiger partial charge in [-0.25, -0.2) is 4.79 Å². The molecule has 0 aliphatic rings. The first-order chi connectivity index (χ1) is 10.8. The Morgan fingerprint density at radius 1 is 1.13 bits per heavy atom. The molecule has 0 heterocycles. The number of hydrogen-bond acceptors (Lipinski definition) is 2. The van der Waals surface area contributed by atoms with Gasteiger partial charge in [-0.1, -0.05) is 45.4 Å². The van der Waals surface area contributed by atoms with Gasteiger partial charge in [-0.2, -0.15) is 13.2 Å². The maximum absolute atomic E-state index is 13.3. The maximum atomic E-state index is 13.3. The lowest BCUT2D eigenvalue weighted by molar-refractivity contribution is -0.152. The van der Waals surface area contributed by atoms with Crippen LogP contribution in [0.25, 0.3) is 0 Å². The summed E-state index contributed by atoms with van der Waals surface area (Å²) in [5, 5.41) is 18.5. The van der Waals surface area contributed by atoms with Gasteiger partial charge in [-0.15, -0.1) is 0 Å². The summed E-state index contributed by atoms with van der Waals surface area (Å²) in [5.74, 6) is -3.65. The number of benzene rings is 1. The second-order valence-electron chi connectivity index (χ2n) is 5.73.